The van der Waals surface area contributed by atoms with Gasteiger partial charge in [-0.2, -0.15) is 0 Å². The van der Waals surface area contributed by atoms with Gasteiger partial charge in [-0.1, -0.05) is 11.3 Å². The van der Waals surface area contributed by atoms with Crippen LogP contribution in [0.3, 0.4) is 0 Å². The van der Waals surface area contributed by atoms with Gasteiger partial charge in [0, 0.05) is 17.4 Å². The highest BCUT2D eigenvalue weighted by Gasteiger charge is 2.15. The normalized spacial score (nSPS) is 11.0. The molecular weight excluding hydrogens is 346 g/mol. The maximum absolute atomic E-state index is 12.5. The molecule has 0 radical (unpaired) electrons. The summed E-state index contributed by atoms with van der Waals surface area (Å²) in [4.78, 5) is 22.4. The molecule has 130 valence electrons. The van der Waals surface area contributed by atoms with E-state index in [1.165, 1.54) is 0 Å². The minimum atomic E-state index is -0.167. The molecule has 3 heterocycles. The molecule has 0 bridgehead atoms. The molecule has 5 nitrogen and oxygen atoms in total. The fourth-order valence-electron chi connectivity index (χ4n) is 2.88. The van der Waals surface area contributed by atoms with Gasteiger partial charge in [0.1, 0.15) is 26.9 Å². The Morgan fingerprint density at radius 3 is 2.69 bits per heavy atom. The molecule has 1 aromatic carbocycles. The van der Waals surface area contributed by atoms with E-state index in [4.69, 9.17) is 4.42 Å². The van der Waals surface area contributed by atoms with Gasteiger partial charge in [0.15, 0.2) is 0 Å². The predicted molar refractivity (Wildman–Crippen MR) is 104 cm³/mol. The van der Waals surface area contributed by atoms with Crippen LogP contribution in [-0.2, 0) is 0 Å². The summed E-state index contributed by atoms with van der Waals surface area (Å²) in [5.74, 6) is 1.18. The lowest BCUT2D eigenvalue weighted by Gasteiger charge is -2.09. The van der Waals surface area contributed by atoms with Gasteiger partial charge in [-0.05, 0) is 62.7 Å². The van der Waals surface area contributed by atoms with Crippen LogP contribution in [0.4, 0.5) is 5.69 Å². The summed E-state index contributed by atoms with van der Waals surface area (Å²) in [6.07, 6.45) is 1.77. The molecule has 0 aliphatic carbocycles. The van der Waals surface area contributed by atoms with Crippen molar-refractivity contribution >= 4 is 33.3 Å². The van der Waals surface area contributed by atoms with E-state index >= 15 is 0 Å². The van der Waals surface area contributed by atoms with Gasteiger partial charge >= 0.3 is 0 Å². The van der Waals surface area contributed by atoms with Crippen LogP contribution in [0.2, 0.25) is 0 Å². The molecule has 1 amide bonds. The Bertz CT molecular complexity index is 1090. The Morgan fingerprint density at radius 1 is 1.15 bits per heavy atom. The van der Waals surface area contributed by atoms with Crippen LogP contribution >= 0.6 is 11.3 Å². The van der Waals surface area contributed by atoms with Crippen LogP contribution in [0.5, 0.6) is 0 Å². The minimum absolute atomic E-state index is 0.167. The first-order valence-corrected chi connectivity index (χ1v) is 9.04. The van der Waals surface area contributed by atoms with Crippen molar-refractivity contribution in [2.75, 3.05) is 5.32 Å². The Hall–Kier alpha value is -2.99. The standard InChI is InChI=1S/C20H17N3O2S/c1-11-9-14(19-23-17-5-4-8-21-20(17)26-19)6-7-16(11)22-18(24)15-10-12(2)25-13(15)3/h4-10H,1-3H3,(H,22,24). The van der Waals surface area contributed by atoms with Gasteiger partial charge in [-0.15, -0.1) is 0 Å². The van der Waals surface area contributed by atoms with Gasteiger partial charge < -0.3 is 9.73 Å². The van der Waals surface area contributed by atoms with E-state index < -0.39 is 0 Å². The van der Waals surface area contributed by atoms with Crippen molar-refractivity contribution in [2.45, 2.75) is 20.8 Å². The van der Waals surface area contributed by atoms with E-state index in [1.807, 2.05) is 44.2 Å². The van der Waals surface area contributed by atoms with Gasteiger partial charge in [0.05, 0.1) is 5.56 Å². The lowest BCUT2D eigenvalue weighted by atomic mass is 10.1. The zero-order valence-corrected chi connectivity index (χ0v) is 15.5. The number of pyridine rings is 1. The third-order valence-electron chi connectivity index (χ3n) is 4.17. The molecule has 4 aromatic rings. The Balaban J connectivity index is 1.61. The Labute approximate surface area is 154 Å². The van der Waals surface area contributed by atoms with Gasteiger partial charge in [0.2, 0.25) is 0 Å². The summed E-state index contributed by atoms with van der Waals surface area (Å²) in [5, 5.41) is 3.88. The third kappa shape index (κ3) is 2.99. The van der Waals surface area contributed by atoms with E-state index in [0.717, 1.165) is 37.9 Å². The fourth-order valence-corrected chi connectivity index (χ4v) is 3.78. The number of benzene rings is 1. The van der Waals surface area contributed by atoms with Crippen molar-refractivity contribution in [1.29, 1.82) is 0 Å². The summed E-state index contributed by atoms with van der Waals surface area (Å²) < 4.78 is 5.44. The second-order valence-electron chi connectivity index (χ2n) is 6.16. The van der Waals surface area contributed by atoms with Crippen LogP contribution in [0.1, 0.15) is 27.4 Å². The largest absolute Gasteiger partial charge is 0.466 e. The quantitative estimate of drug-likeness (QED) is 0.548. The summed E-state index contributed by atoms with van der Waals surface area (Å²) in [5.41, 5.74) is 4.22. The molecule has 0 aliphatic heterocycles. The Morgan fingerprint density at radius 2 is 2.00 bits per heavy atom. The number of carbonyl (C=O) groups is 1. The predicted octanol–water partition coefficient (Wildman–Crippen LogP) is 5.13. The maximum atomic E-state index is 12.5. The fraction of sp³-hybridized carbons (Fsp3) is 0.150. The molecule has 0 unspecified atom stereocenters. The molecule has 0 saturated heterocycles. The topological polar surface area (TPSA) is 68.0 Å². The first-order valence-electron chi connectivity index (χ1n) is 8.22. The summed E-state index contributed by atoms with van der Waals surface area (Å²) in [6, 6.07) is 11.5. The maximum Gasteiger partial charge on any atom is 0.259 e. The molecule has 0 atom stereocenters. The first-order chi connectivity index (χ1) is 12.5. The number of furan rings is 1. The van der Waals surface area contributed by atoms with Crippen LogP contribution < -0.4 is 5.32 Å². The zero-order valence-electron chi connectivity index (χ0n) is 14.7. The molecule has 0 spiro atoms. The molecule has 0 saturated carbocycles. The number of aryl methyl sites for hydroxylation is 3. The smallest absolute Gasteiger partial charge is 0.259 e. The Kier molecular flexibility index (Phi) is 4.05. The zero-order chi connectivity index (χ0) is 18.3. The van der Waals surface area contributed by atoms with E-state index in [9.17, 15) is 4.79 Å². The molecule has 26 heavy (non-hydrogen) atoms. The summed E-state index contributed by atoms with van der Waals surface area (Å²) in [7, 11) is 0. The minimum Gasteiger partial charge on any atom is -0.466 e. The number of rotatable bonds is 3. The number of nitrogens with one attached hydrogen (secondary N) is 1. The lowest BCUT2D eigenvalue weighted by molar-refractivity contribution is 0.102. The highest BCUT2D eigenvalue weighted by atomic mass is 32.1. The SMILES string of the molecule is Cc1cc(C(=O)Nc2ccc(-c3nc4cccnc4s3)cc2C)c(C)o1. The monoisotopic (exact) mass is 363 g/mol. The van der Waals surface area contributed by atoms with Crippen LogP contribution in [0.15, 0.2) is 47.0 Å². The number of carbonyl (C=O) groups excluding carboxylic acids is 1. The van der Waals surface area contributed by atoms with E-state index in [2.05, 4.69) is 15.3 Å². The van der Waals surface area contributed by atoms with Gasteiger partial charge in [-0.25, -0.2) is 9.97 Å². The van der Waals surface area contributed by atoms with Gasteiger partial charge in [-0.3, -0.25) is 4.79 Å². The highest BCUT2D eigenvalue weighted by molar-refractivity contribution is 7.21. The number of fused-ring (bicyclic) bond motifs is 1. The van der Waals surface area contributed by atoms with Crippen molar-refractivity contribution in [3.63, 3.8) is 0 Å². The van der Waals surface area contributed by atoms with Crippen LogP contribution in [0.25, 0.3) is 20.9 Å². The van der Waals surface area contributed by atoms with Crippen molar-refractivity contribution < 1.29 is 9.21 Å². The molecular formula is C20H17N3O2S. The lowest BCUT2D eigenvalue weighted by Crippen LogP contribution is -2.13. The average Bonchev–Trinajstić information content (AvgIpc) is 3.19. The molecule has 4 rings (SSSR count). The van der Waals surface area contributed by atoms with Crippen molar-refractivity contribution in [1.82, 2.24) is 9.97 Å². The number of hydrogen-bond acceptors (Lipinski definition) is 5. The summed E-state index contributed by atoms with van der Waals surface area (Å²) >= 11 is 1.56. The average molecular weight is 363 g/mol. The number of amides is 1. The summed E-state index contributed by atoms with van der Waals surface area (Å²) in [6.45, 7) is 5.59. The highest BCUT2D eigenvalue weighted by Crippen LogP contribution is 2.31. The first kappa shape index (κ1) is 16.5. The number of hydrogen-bond donors (Lipinski definition) is 1. The second kappa shape index (κ2) is 6.38. The van der Waals surface area contributed by atoms with E-state index in [0.29, 0.717) is 11.3 Å². The van der Waals surface area contributed by atoms with E-state index in [1.54, 1.807) is 30.5 Å². The number of thiazole rings is 1. The molecule has 0 aliphatic rings. The number of nitrogens with zero attached hydrogens (tertiary/aromatic N) is 2. The van der Waals surface area contributed by atoms with Crippen molar-refractivity contribution in [3.8, 4) is 10.6 Å². The second-order valence-corrected chi connectivity index (χ2v) is 7.13. The van der Waals surface area contributed by atoms with Crippen molar-refractivity contribution in [3.05, 3.63) is 65.2 Å². The van der Waals surface area contributed by atoms with Gasteiger partial charge in [0.25, 0.3) is 5.91 Å². The molecule has 3 aromatic heterocycles. The molecule has 0 fully saturated rings. The van der Waals surface area contributed by atoms with Crippen molar-refractivity contribution in [2.24, 2.45) is 0 Å². The van der Waals surface area contributed by atoms with Crippen LogP contribution in [0, 0.1) is 20.8 Å². The van der Waals surface area contributed by atoms with E-state index in [-0.39, 0.29) is 5.91 Å². The molecule has 1 N–H and O–H groups in total. The molecule has 6 heteroatoms. The van der Waals surface area contributed by atoms with Crippen LogP contribution in [-0.4, -0.2) is 15.9 Å². The number of anilines is 1. The number of aromatic nitrogens is 2. The third-order valence-corrected chi connectivity index (χ3v) is 5.20.